The SMILES string of the molecule is O=C([O-])C(=O)c1cc(F)cc2cccnc12. The molecule has 0 amide bonds. The van der Waals surface area contributed by atoms with Crippen LogP contribution in [0.3, 0.4) is 0 Å². The van der Waals surface area contributed by atoms with E-state index in [0.717, 1.165) is 6.07 Å². The molecule has 0 aliphatic heterocycles. The lowest BCUT2D eigenvalue weighted by molar-refractivity contribution is -0.296. The summed E-state index contributed by atoms with van der Waals surface area (Å²) in [6.45, 7) is 0. The van der Waals surface area contributed by atoms with Crippen LogP contribution >= 0.6 is 0 Å². The molecule has 4 nitrogen and oxygen atoms in total. The maximum atomic E-state index is 13.1. The van der Waals surface area contributed by atoms with Crippen LogP contribution in [0, 0.1) is 5.82 Å². The van der Waals surface area contributed by atoms with Crippen molar-refractivity contribution in [3.63, 3.8) is 0 Å². The number of carbonyl (C=O) groups excluding carboxylic acids is 2. The molecule has 0 atom stereocenters. The minimum absolute atomic E-state index is 0.151. The van der Waals surface area contributed by atoms with Crippen LogP contribution < -0.4 is 5.11 Å². The third-order valence-corrected chi connectivity index (χ3v) is 2.10. The van der Waals surface area contributed by atoms with E-state index in [2.05, 4.69) is 4.98 Å². The molecule has 0 spiro atoms. The molecule has 2 rings (SSSR count). The van der Waals surface area contributed by atoms with E-state index in [9.17, 15) is 19.1 Å². The Labute approximate surface area is 89.3 Å². The highest BCUT2D eigenvalue weighted by Gasteiger charge is 2.13. The van der Waals surface area contributed by atoms with Gasteiger partial charge in [0.1, 0.15) is 11.8 Å². The van der Waals surface area contributed by atoms with Crippen LogP contribution in [-0.2, 0) is 4.79 Å². The Morgan fingerprint density at radius 2 is 2.06 bits per heavy atom. The molecule has 1 aromatic carbocycles. The van der Waals surface area contributed by atoms with Gasteiger partial charge in [-0.15, -0.1) is 0 Å². The number of carbonyl (C=O) groups is 2. The van der Waals surface area contributed by atoms with E-state index in [4.69, 9.17) is 0 Å². The van der Waals surface area contributed by atoms with Gasteiger partial charge in [-0.1, -0.05) is 6.07 Å². The minimum atomic E-state index is -1.88. The van der Waals surface area contributed by atoms with E-state index in [1.54, 1.807) is 6.07 Å². The van der Waals surface area contributed by atoms with Crippen LogP contribution in [0.4, 0.5) is 4.39 Å². The molecule has 1 heterocycles. The Kier molecular flexibility index (Phi) is 2.36. The van der Waals surface area contributed by atoms with Crippen molar-refractivity contribution in [1.82, 2.24) is 4.98 Å². The zero-order chi connectivity index (χ0) is 11.7. The third-order valence-electron chi connectivity index (χ3n) is 2.10. The number of hydrogen-bond acceptors (Lipinski definition) is 4. The molecule has 0 radical (unpaired) electrons. The van der Waals surface area contributed by atoms with Crippen molar-refractivity contribution in [1.29, 1.82) is 0 Å². The van der Waals surface area contributed by atoms with E-state index in [0.29, 0.717) is 5.39 Å². The Balaban J connectivity index is 2.77. The highest BCUT2D eigenvalue weighted by Crippen LogP contribution is 2.18. The zero-order valence-corrected chi connectivity index (χ0v) is 7.94. The second-order valence-corrected chi connectivity index (χ2v) is 3.15. The van der Waals surface area contributed by atoms with Crippen molar-refractivity contribution in [2.24, 2.45) is 0 Å². The molecular formula is C11H5FNO3-. The molecule has 0 aliphatic rings. The van der Waals surface area contributed by atoms with E-state index >= 15 is 0 Å². The smallest absolute Gasteiger partial charge is 0.210 e. The number of pyridine rings is 1. The fourth-order valence-electron chi connectivity index (χ4n) is 1.44. The van der Waals surface area contributed by atoms with Crippen LogP contribution in [0.1, 0.15) is 10.4 Å². The molecule has 0 saturated carbocycles. The van der Waals surface area contributed by atoms with E-state index in [1.807, 2.05) is 0 Å². The maximum Gasteiger partial charge on any atom is 0.210 e. The molecule has 0 saturated heterocycles. The van der Waals surface area contributed by atoms with Crippen molar-refractivity contribution in [2.45, 2.75) is 0 Å². The van der Waals surface area contributed by atoms with Crippen LogP contribution in [0.25, 0.3) is 10.9 Å². The number of halogens is 1. The topological polar surface area (TPSA) is 70.1 Å². The normalized spacial score (nSPS) is 10.3. The number of aromatic nitrogens is 1. The predicted molar refractivity (Wildman–Crippen MR) is 51.0 cm³/mol. The molecule has 80 valence electrons. The Hall–Kier alpha value is -2.30. The van der Waals surface area contributed by atoms with Crippen LogP contribution in [0.5, 0.6) is 0 Å². The molecule has 0 bridgehead atoms. The molecule has 0 aliphatic carbocycles. The lowest BCUT2D eigenvalue weighted by atomic mass is 10.1. The van der Waals surface area contributed by atoms with Gasteiger partial charge in [0.05, 0.1) is 11.1 Å². The fourth-order valence-corrected chi connectivity index (χ4v) is 1.44. The van der Waals surface area contributed by atoms with Gasteiger partial charge in [-0.2, -0.15) is 0 Å². The van der Waals surface area contributed by atoms with Crippen LogP contribution in [0.2, 0.25) is 0 Å². The number of benzene rings is 1. The average molecular weight is 218 g/mol. The number of aliphatic carboxylic acids is 1. The first-order chi connectivity index (χ1) is 7.59. The van der Waals surface area contributed by atoms with Gasteiger partial charge >= 0.3 is 0 Å². The maximum absolute atomic E-state index is 13.1. The Bertz CT molecular complexity index is 595. The number of hydrogen-bond donors (Lipinski definition) is 0. The molecule has 0 unspecified atom stereocenters. The fraction of sp³-hybridized carbons (Fsp3) is 0. The summed E-state index contributed by atoms with van der Waals surface area (Å²) in [7, 11) is 0. The zero-order valence-electron chi connectivity index (χ0n) is 7.94. The van der Waals surface area contributed by atoms with Gasteiger partial charge in [-0.05, 0) is 18.2 Å². The molecular weight excluding hydrogens is 213 g/mol. The van der Waals surface area contributed by atoms with Gasteiger partial charge in [0.15, 0.2) is 0 Å². The third kappa shape index (κ3) is 1.63. The van der Waals surface area contributed by atoms with Gasteiger partial charge in [0.2, 0.25) is 5.78 Å². The summed E-state index contributed by atoms with van der Waals surface area (Å²) in [6, 6.07) is 5.12. The lowest BCUT2D eigenvalue weighted by Gasteiger charge is -2.05. The number of carboxylic acids is 1. The second-order valence-electron chi connectivity index (χ2n) is 3.15. The lowest BCUT2D eigenvalue weighted by Crippen LogP contribution is -2.31. The highest BCUT2D eigenvalue weighted by atomic mass is 19.1. The van der Waals surface area contributed by atoms with Gasteiger partial charge in [0, 0.05) is 11.6 Å². The molecule has 5 heteroatoms. The van der Waals surface area contributed by atoms with Gasteiger partial charge in [0.25, 0.3) is 0 Å². The van der Waals surface area contributed by atoms with Gasteiger partial charge < -0.3 is 9.90 Å². The number of nitrogens with zero attached hydrogens (tertiary/aromatic N) is 1. The van der Waals surface area contributed by atoms with Crippen molar-refractivity contribution >= 4 is 22.7 Å². The molecule has 1 aromatic heterocycles. The summed E-state index contributed by atoms with van der Waals surface area (Å²) >= 11 is 0. The van der Waals surface area contributed by atoms with Gasteiger partial charge in [-0.25, -0.2) is 4.39 Å². The van der Waals surface area contributed by atoms with Crippen LogP contribution in [-0.4, -0.2) is 16.7 Å². The summed E-state index contributed by atoms with van der Waals surface area (Å²) < 4.78 is 13.1. The molecule has 16 heavy (non-hydrogen) atoms. The minimum Gasteiger partial charge on any atom is -0.541 e. The van der Waals surface area contributed by atoms with Gasteiger partial charge in [-0.3, -0.25) is 9.78 Å². The van der Waals surface area contributed by atoms with E-state index in [-0.39, 0.29) is 11.1 Å². The molecule has 0 N–H and O–H groups in total. The van der Waals surface area contributed by atoms with Crippen molar-refractivity contribution in [2.75, 3.05) is 0 Å². The number of Topliss-reactive ketones (excluding diaryl/α,β-unsaturated/α-hetero) is 1. The number of fused-ring (bicyclic) bond motifs is 1. The summed E-state index contributed by atoms with van der Waals surface area (Å²) in [5, 5.41) is 10.8. The predicted octanol–water partition coefficient (Wildman–Crippen LogP) is 0.306. The van der Waals surface area contributed by atoms with Crippen molar-refractivity contribution in [3.05, 3.63) is 41.8 Å². The second kappa shape index (κ2) is 3.69. The summed E-state index contributed by atoms with van der Waals surface area (Å²) in [5.74, 6) is -3.84. The van der Waals surface area contributed by atoms with Crippen molar-refractivity contribution < 1.29 is 19.1 Å². The number of ketones is 1. The Morgan fingerprint density at radius 1 is 1.31 bits per heavy atom. The first-order valence-electron chi connectivity index (χ1n) is 4.39. The average Bonchev–Trinajstić information content (AvgIpc) is 2.26. The van der Waals surface area contributed by atoms with E-state index in [1.165, 1.54) is 18.3 Å². The summed E-state index contributed by atoms with van der Waals surface area (Å²) in [4.78, 5) is 25.5. The highest BCUT2D eigenvalue weighted by molar-refractivity contribution is 6.41. The van der Waals surface area contributed by atoms with Crippen molar-refractivity contribution in [3.8, 4) is 0 Å². The summed E-state index contributed by atoms with van der Waals surface area (Å²) in [5.41, 5.74) is -0.145. The van der Waals surface area contributed by atoms with E-state index < -0.39 is 17.6 Å². The number of rotatable bonds is 2. The monoisotopic (exact) mass is 218 g/mol. The standard InChI is InChI=1S/C11H6FNO3/c12-7-4-6-2-1-3-13-9(6)8(5-7)10(14)11(15)16/h1-5H,(H,15,16)/p-1. The van der Waals surface area contributed by atoms with Crippen LogP contribution in [0.15, 0.2) is 30.5 Å². The first kappa shape index (κ1) is 10.2. The first-order valence-corrected chi connectivity index (χ1v) is 4.39. The quantitative estimate of drug-likeness (QED) is 0.537. The molecule has 0 fully saturated rings. The number of carboxylic acid groups (broad SMARTS) is 1. The molecule has 2 aromatic rings. The Morgan fingerprint density at radius 3 is 2.75 bits per heavy atom. The largest absolute Gasteiger partial charge is 0.541 e. The summed E-state index contributed by atoms with van der Waals surface area (Å²) in [6.07, 6.45) is 1.40.